The quantitative estimate of drug-likeness (QED) is 0.800. The Morgan fingerprint density at radius 2 is 1.91 bits per heavy atom. The van der Waals surface area contributed by atoms with Crippen LogP contribution < -0.4 is 0 Å². The lowest BCUT2D eigenvalue weighted by Crippen LogP contribution is -2.43. The average Bonchev–Trinajstić information content (AvgIpc) is 2.53. The number of carbonyl (C=O) groups is 2. The van der Waals surface area contributed by atoms with Crippen molar-refractivity contribution in [2.24, 2.45) is 5.92 Å². The normalized spacial score (nSPS) is 15.7. The van der Waals surface area contributed by atoms with Crippen LogP contribution in [0.1, 0.15) is 23.2 Å². The number of piperidine rings is 1. The SMILES string of the molecule is CON(C)C(=O)C1CCN(C(=O)c2ccc(F)cc2F)CC1. The molecule has 0 spiro atoms. The smallest absolute Gasteiger partial charge is 0.256 e. The second kappa shape index (κ2) is 6.83. The zero-order valence-corrected chi connectivity index (χ0v) is 12.5. The van der Waals surface area contributed by atoms with Crippen molar-refractivity contribution in [2.45, 2.75) is 12.8 Å². The Morgan fingerprint density at radius 3 is 2.45 bits per heavy atom. The highest BCUT2D eigenvalue weighted by Crippen LogP contribution is 2.22. The van der Waals surface area contributed by atoms with E-state index < -0.39 is 17.5 Å². The highest BCUT2D eigenvalue weighted by Gasteiger charge is 2.30. The van der Waals surface area contributed by atoms with E-state index in [-0.39, 0.29) is 17.4 Å². The van der Waals surface area contributed by atoms with Crippen molar-refractivity contribution >= 4 is 11.8 Å². The highest BCUT2D eigenvalue weighted by atomic mass is 19.1. The minimum absolute atomic E-state index is 0.137. The third-order valence-electron chi connectivity index (χ3n) is 3.88. The second-order valence-corrected chi connectivity index (χ2v) is 5.21. The van der Waals surface area contributed by atoms with Crippen LogP contribution in [-0.2, 0) is 9.63 Å². The molecule has 0 atom stereocenters. The van der Waals surface area contributed by atoms with Gasteiger partial charge in [-0.15, -0.1) is 0 Å². The van der Waals surface area contributed by atoms with Crippen LogP contribution in [0.4, 0.5) is 8.78 Å². The van der Waals surface area contributed by atoms with Crippen LogP contribution in [0, 0.1) is 17.6 Å². The summed E-state index contributed by atoms with van der Waals surface area (Å²) in [6.45, 7) is 0.702. The predicted octanol–water partition coefficient (Wildman–Crippen LogP) is 1.84. The number of rotatable bonds is 3. The predicted molar refractivity (Wildman–Crippen MR) is 74.8 cm³/mol. The molecule has 1 aliphatic heterocycles. The summed E-state index contributed by atoms with van der Waals surface area (Å²) in [5.74, 6) is -2.43. The van der Waals surface area contributed by atoms with Crippen molar-refractivity contribution < 1.29 is 23.2 Å². The summed E-state index contributed by atoms with van der Waals surface area (Å²) in [4.78, 5) is 30.5. The Morgan fingerprint density at radius 1 is 1.27 bits per heavy atom. The minimum Gasteiger partial charge on any atom is -0.339 e. The van der Waals surface area contributed by atoms with Crippen LogP contribution in [0.2, 0.25) is 0 Å². The number of nitrogens with zero attached hydrogens (tertiary/aromatic N) is 2. The van der Waals surface area contributed by atoms with Gasteiger partial charge in [0.15, 0.2) is 0 Å². The van der Waals surface area contributed by atoms with Crippen molar-refractivity contribution in [1.82, 2.24) is 9.96 Å². The van der Waals surface area contributed by atoms with Gasteiger partial charge < -0.3 is 4.90 Å². The molecule has 0 aromatic heterocycles. The van der Waals surface area contributed by atoms with E-state index in [0.717, 1.165) is 12.1 Å². The van der Waals surface area contributed by atoms with E-state index in [1.165, 1.54) is 24.1 Å². The number of halogens is 2. The zero-order chi connectivity index (χ0) is 16.3. The van der Waals surface area contributed by atoms with Gasteiger partial charge in [0.25, 0.3) is 5.91 Å². The molecule has 0 radical (unpaired) electrons. The molecule has 0 aliphatic carbocycles. The van der Waals surface area contributed by atoms with Gasteiger partial charge in [0.05, 0.1) is 12.7 Å². The maximum Gasteiger partial charge on any atom is 0.256 e. The third kappa shape index (κ3) is 3.41. The van der Waals surface area contributed by atoms with Crippen molar-refractivity contribution in [2.75, 3.05) is 27.2 Å². The highest BCUT2D eigenvalue weighted by molar-refractivity contribution is 5.94. The van der Waals surface area contributed by atoms with Crippen LogP contribution >= 0.6 is 0 Å². The number of amides is 2. The number of hydroxylamine groups is 2. The van der Waals surface area contributed by atoms with Crippen LogP contribution in [0.3, 0.4) is 0 Å². The van der Waals surface area contributed by atoms with Gasteiger partial charge in [0.2, 0.25) is 5.91 Å². The Kier molecular flexibility index (Phi) is 5.07. The number of benzene rings is 1. The Hall–Kier alpha value is -2.02. The van der Waals surface area contributed by atoms with Crippen molar-refractivity contribution in [3.8, 4) is 0 Å². The topological polar surface area (TPSA) is 49.9 Å². The fourth-order valence-corrected chi connectivity index (χ4v) is 2.51. The van der Waals surface area contributed by atoms with Gasteiger partial charge in [0, 0.05) is 32.1 Å². The molecule has 0 bridgehead atoms. The van der Waals surface area contributed by atoms with E-state index in [9.17, 15) is 18.4 Å². The molecule has 22 heavy (non-hydrogen) atoms. The summed E-state index contributed by atoms with van der Waals surface area (Å²) in [6.07, 6.45) is 0.974. The number of likely N-dealkylation sites (tertiary alicyclic amines) is 1. The molecule has 2 rings (SSSR count). The van der Waals surface area contributed by atoms with Crippen LogP contribution in [-0.4, -0.2) is 49.0 Å². The molecule has 1 fully saturated rings. The van der Waals surface area contributed by atoms with Gasteiger partial charge >= 0.3 is 0 Å². The molecule has 0 N–H and O–H groups in total. The van der Waals surface area contributed by atoms with Gasteiger partial charge in [-0.1, -0.05) is 0 Å². The summed E-state index contributed by atoms with van der Waals surface area (Å²) in [5.41, 5.74) is -0.153. The first-order valence-corrected chi connectivity index (χ1v) is 7.00. The molecule has 0 unspecified atom stereocenters. The molecule has 1 aliphatic rings. The second-order valence-electron chi connectivity index (χ2n) is 5.21. The number of carbonyl (C=O) groups excluding carboxylic acids is 2. The lowest BCUT2D eigenvalue weighted by Gasteiger charge is -2.32. The first-order chi connectivity index (χ1) is 10.4. The summed E-state index contributed by atoms with van der Waals surface area (Å²) >= 11 is 0. The standard InChI is InChI=1S/C15H18F2N2O3/c1-18(22-2)14(20)10-5-7-19(8-6-10)15(21)12-4-3-11(16)9-13(12)17/h3-4,9-10H,5-8H2,1-2H3. The lowest BCUT2D eigenvalue weighted by molar-refractivity contribution is -0.174. The summed E-state index contributed by atoms with van der Waals surface area (Å²) in [6, 6.07) is 2.89. The molecule has 0 saturated carbocycles. The maximum atomic E-state index is 13.6. The van der Waals surface area contributed by atoms with E-state index in [1.807, 2.05) is 0 Å². The van der Waals surface area contributed by atoms with Gasteiger partial charge in [0.1, 0.15) is 11.6 Å². The van der Waals surface area contributed by atoms with E-state index in [1.54, 1.807) is 0 Å². The third-order valence-corrected chi connectivity index (χ3v) is 3.88. The zero-order valence-electron chi connectivity index (χ0n) is 12.5. The van der Waals surface area contributed by atoms with Crippen molar-refractivity contribution in [3.05, 3.63) is 35.4 Å². The van der Waals surface area contributed by atoms with Crippen LogP contribution in [0.15, 0.2) is 18.2 Å². The first-order valence-electron chi connectivity index (χ1n) is 7.00. The minimum atomic E-state index is -0.873. The molecule has 7 heteroatoms. The van der Waals surface area contributed by atoms with Crippen molar-refractivity contribution in [3.63, 3.8) is 0 Å². The van der Waals surface area contributed by atoms with Crippen molar-refractivity contribution in [1.29, 1.82) is 0 Å². The monoisotopic (exact) mass is 312 g/mol. The van der Waals surface area contributed by atoms with Gasteiger partial charge in [-0.25, -0.2) is 13.8 Å². The van der Waals surface area contributed by atoms with E-state index >= 15 is 0 Å². The molecule has 120 valence electrons. The lowest BCUT2D eigenvalue weighted by atomic mass is 9.95. The molecule has 2 amide bonds. The molecule has 1 aromatic rings. The average molecular weight is 312 g/mol. The maximum absolute atomic E-state index is 13.6. The fraction of sp³-hybridized carbons (Fsp3) is 0.467. The Balaban J connectivity index is 1.99. The summed E-state index contributed by atoms with van der Waals surface area (Å²) in [7, 11) is 2.95. The van der Waals surface area contributed by atoms with Gasteiger partial charge in [-0.2, -0.15) is 0 Å². The Bertz CT molecular complexity index is 572. The van der Waals surface area contributed by atoms with E-state index in [4.69, 9.17) is 4.84 Å². The summed E-state index contributed by atoms with van der Waals surface area (Å²) in [5, 5.41) is 1.17. The number of hydrogen-bond acceptors (Lipinski definition) is 3. The molecular formula is C15H18F2N2O3. The molecular weight excluding hydrogens is 294 g/mol. The largest absolute Gasteiger partial charge is 0.339 e. The van der Waals surface area contributed by atoms with E-state index in [0.29, 0.717) is 32.0 Å². The summed E-state index contributed by atoms with van der Waals surface area (Å²) < 4.78 is 26.5. The molecule has 1 saturated heterocycles. The van der Waals surface area contributed by atoms with Crippen LogP contribution in [0.5, 0.6) is 0 Å². The molecule has 5 nitrogen and oxygen atoms in total. The Labute approximate surface area is 127 Å². The fourth-order valence-electron chi connectivity index (χ4n) is 2.51. The number of hydrogen-bond donors (Lipinski definition) is 0. The molecule has 1 heterocycles. The molecule has 1 aromatic carbocycles. The van der Waals surface area contributed by atoms with Gasteiger partial charge in [-0.05, 0) is 25.0 Å². The van der Waals surface area contributed by atoms with Crippen LogP contribution in [0.25, 0.3) is 0 Å². The van der Waals surface area contributed by atoms with Gasteiger partial charge in [-0.3, -0.25) is 14.4 Å². The van der Waals surface area contributed by atoms with E-state index in [2.05, 4.69) is 0 Å². The first kappa shape index (κ1) is 16.4.